The third kappa shape index (κ3) is 3.28. The van der Waals surface area contributed by atoms with E-state index in [1.165, 1.54) is 12.1 Å². The van der Waals surface area contributed by atoms with Crippen molar-refractivity contribution in [1.29, 1.82) is 0 Å². The molecule has 1 amide bonds. The van der Waals surface area contributed by atoms with Gasteiger partial charge >= 0.3 is 0 Å². The highest BCUT2D eigenvalue weighted by Gasteiger charge is 2.06. The molecular formula is C13H12ClNO3. The number of halogens is 1. The maximum absolute atomic E-state index is 11.6. The molecule has 5 heteroatoms. The van der Waals surface area contributed by atoms with E-state index in [0.717, 1.165) is 5.76 Å². The van der Waals surface area contributed by atoms with Crippen LogP contribution in [0, 0.1) is 0 Å². The molecule has 18 heavy (non-hydrogen) atoms. The normalized spacial score (nSPS) is 10.3. The third-order valence-corrected chi connectivity index (χ3v) is 2.71. The molecule has 0 radical (unpaired) electrons. The van der Waals surface area contributed by atoms with Gasteiger partial charge in [-0.05, 0) is 30.3 Å². The summed E-state index contributed by atoms with van der Waals surface area (Å²) < 4.78 is 5.13. The van der Waals surface area contributed by atoms with E-state index in [0.29, 0.717) is 18.5 Å². The van der Waals surface area contributed by atoms with E-state index >= 15 is 0 Å². The molecule has 1 aromatic heterocycles. The zero-order valence-electron chi connectivity index (χ0n) is 9.52. The number of anilines is 1. The lowest BCUT2D eigenvalue weighted by Gasteiger charge is -2.05. The molecular weight excluding hydrogens is 254 g/mol. The van der Waals surface area contributed by atoms with Gasteiger partial charge in [0.1, 0.15) is 11.5 Å². The number of phenolic OH excluding ortho intramolecular Hbond substituents is 1. The monoisotopic (exact) mass is 265 g/mol. The molecule has 2 N–H and O–H groups in total. The van der Waals surface area contributed by atoms with Gasteiger partial charge in [0, 0.05) is 18.5 Å². The second-order valence-electron chi connectivity index (χ2n) is 3.79. The molecule has 1 heterocycles. The molecule has 0 aliphatic carbocycles. The molecule has 0 aliphatic heterocycles. The second kappa shape index (κ2) is 5.60. The van der Waals surface area contributed by atoms with E-state index in [4.69, 9.17) is 16.0 Å². The largest absolute Gasteiger partial charge is 0.506 e. The SMILES string of the molecule is O=C(CCc1ccco1)Nc1ccc(O)c(Cl)c1. The van der Waals surface area contributed by atoms with Crippen molar-refractivity contribution in [2.45, 2.75) is 12.8 Å². The Kier molecular flexibility index (Phi) is 3.89. The third-order valence-electron chi connectivity index (χ3n) is 2.41. The van der Waals surface area contributed by atoms with Crippen LogP contribution < -0.4 is 5.32 Å². The molecule has 2 rings (SSSR count). The number of hydrogen-bond acceptors (Lipinski definition) is 3. The molecule has 0 spiro atoms. The smallest absolute Gasteiger partial charge is 0.224 e. The number of hydrogen-bond donors (Lipinski definition) is 2. The van der Waals surface area contributed by atoms with Gasteiger partial charge in [-0.2, -0.15) is 0 Å². The summed E-state index contributed by atoms with van der Waals surface area (Å²) in [6.07, 6.45) is 2.45. The van der Waals surface area contributed by atoms with Crippen LogP contribution >= 0.6 is 11.6 Å². The highest BCUT2D eigenvalue weighted by molar-refractivity contribution is 6.32. The Hall–Kier alpha value is -1.94. The number of carbonyl (C=O) groups is 1. The summed E-state index contributed by atoms with van der Waals surface area (Å²) in [6, 6.07) is 8.13. The predicted molar refractivity (Wildman–Crippen MR) is 68.8 cm³/mol. The fourth-order valence-electron chi connectivity index (χ4n) is 1.50. The summed E-state index contributed by atoms with van der Waals surface area (Å²) in [4.78, 5) is 11.6. The number of furan rings is 1. The van der Waals surface area contributed by atoms with Crippen molar-refractivity contribution in [3.05, 3.63) is 47.4 Å². The van der Waals surface area contributed by atoms with Crippen LogP contribution in [0.15, 0.2) is 41.0 Å². The van der Waals surface area contributed by atoms with Gasteiger partial charge < -0.3 is 14.8 Å². The number of aryl methyl sites for hydroxylation is 1. The molecule has 0 atom stereocenters. The standard InChI is InChI=1S/C13H12ClNO3/c14-11-8-9(3-5-12(11)16)15-13(17)6-4-10-2-1-7-18-10/h1-3,5,7-8,16H,4,6H2,(H,15,17). The number of benzene rings is 1. The lowest BCUT2D eigenvalue weighted by molar-refractivity contribution is -0.116. The summed E-state index contributed by atoms with van der Waals surface area (Å²) in [5, 5.41) is 12.2. The van der Waals surface area contributed by atoms with Crippen molar-refractivity contribution in [1.82, 2.24) is 0 Å². The first-order chi connectivity index (χ1) is 8.65. The van der Waals surface area contributed by atoms with Gasteiger partial charge in [0.15, 0.2) is 0 Å². The van der Waals surface area contributed by atoms with Crippen molar-refractivity contribution in [2.75, 3.05) is 5.32 Å². The fraction of sp³-hybridized carbons (Fsp3) is 0.154. The van der Waals surface area contributed by atoms with E-state index < -0.39 is 0 Å². The molecule has 4 nitrogen and oxygen atoms in total. The maximum atomic E-state index is 11.6. The first kappa shape index (κ1) is 12.5. The lowest BCUT2D eigenvalue weighted by atomic mass is 10.2. The van der Waals surface area contributed by atoms with E-state index in [9.17, 15) is 9.90 Å². The predicted octanol–water partition coefficient (Wildman–Crippen LogP) is 3.21. The molecule has 2 aromatic rings. The topological polar surface area (TPSA) is 62.5 Å². The van der Waals surface area contributed by atoms with Crippen LogP contribution in [-0.4, -0.2) is 11.0 Å². The summed E-state index contributed by atoms with van der Waals surface area (Å²) >= 11 is 5.74. The Bertz CT molecular complexity index is 537. The second-order valence-corrected chi connectivity index (χ2v) is 4.20. The minimum atomic E-state index is -0.131. The molecule has 0 fully saturated rings. The summed E-state index contributed by atoms with van der Waals surface area (Å²) in [7, 11) is 0. The van der Waals surface area contributed by atoms with Gasteiger partial charge in [0.05, 0.1) is 11.3 Å². The number of rotatable bonds is 4. The molecule has 0 aliphatic rings. The van der Waals surface area contributed by atoms with E-state index in [1.807, 2.05) is 6.07 Å². The van der Waals surface area contributed by atoms with Gasteiger partial charge in [0.2, 0.25) is 5.91 Å². The minimum absolute atomic E-state index is 0.00903. The van der Waals surface area contributed by atoms with Crippen molar-refractivity contribution in [3.63, 3.8) is 0 Å². The molecule has 0 saturated heterocycles. The Morgan fingerprint density at radius 3 is 2.89 bits per heavy atom. The summed E-state index contributed by atoms with van der Waals surface area (Å²) in [5.74, 6) is 0.632. The van der Waals surface area contributed by atoms with Crippen LogP contribution in [0.2, 0.25) is 5.02 Å². The molecule has 1 aromatic carbocycles. The van der Waals surface area contributed by atoms with E-state index in [2.05, 4.69) is 5.32 Å². The molecule has 0 bridgehead atoms. The summed E-state index contributed by atoms with van der Waals surface area (Å²) in [5.41, 5.74) is 0.558. The summed E-state index contributed by atoms with van der Waals surface area (Å²) in [6.45, 7) is 0. The van der Waals surface area contributed by atoms with Crippen LogP contribution in [0.1, 0.15) is 12.2 Å². The zero-order chi connectivity index (χ0) is 13.0. The highest BCUT2D eigenvalue weighted by atomic mass is 35.5. The van der Waals surface area contributed by atoms with Gasteiger partial charge in [-0.15, -0.1) is 0 Å². The maximum Gasteiger partial charge on any atom is 0.224 e. The van der Waals surface area contributed by atoms with Crippen molar-refractivity contribution in [2.24, 2.45) is 0 Å². The van der Waals surface area contributed by atoms with Gasteiger partial charge in [-0.3, -0.25) is 4.79 Å². The van der Waals surface area contributed by atoms with Crippen molar-refractivity contribution in [3.8, 4) is 5.75 Å². The molecule has 0 unspecified atom stereocenters. The quantitative estimate of drug-likeness (QED) is 0.835. The van der Waals surface area contributed by atoms with Gasteiger partial charge in [0.25, 0.3) is 0 Å². The van der Waals surface area contributed by atoms with Crippen LogP contribution in [0.5, 0.6) is 5.75 Å². The first-order valence-corrected chi connectivity index (χ1v) is 5.83. The lowest BCUT2D eigenvalue weighted by Crippen LogP contribution is -2.12. The number of carbonyl (C=O) groups excluding carboxylic acids is 1. The van der Waals surface area contributed by atoms with Crippen LogP contribution in [0.4, 0.5) is 5.69 Å². The van der Waals surface area contributed by atoms with Crippen LogP contribution in [0.3, 0.4) is 0 Å². The number of aromatic hydroxyl groups is 1. The Labute approximate surface area is 109 Å². The van der Waals surface area contributed by atoms with E-state index in [1.54, 1.807) is 18.4 Å². The molecule has 0 saturated carbocycles. The minimum Gasteiger partial charge on any atom is -0.506 e. The average Bonchev–Trinajstić information content (AvgIpc) is 2.84. The van der Waals surface area contributed by atoms with Crippen LogP contribution in [0.25, 0.3) is 0 Å². The van der Waals surface area contributed by atoms with E-state index in [-0.39, 0.29) is 16.7 Å². The first-order valence-electron chi connectivity index (χ1n) is 5.46. The van der Waals surface area contributed by atoms with Crippen molar-refractivity contribution >= 4 is 23.2 Å². The molecule has 94 valence electrons. The van der Waals surface area contributed by atoms with Crippen LogP contribution in [-0.2, 0) is 11.2 Å². The van der Waals surface area contributed by atoms with Gasteiger partial charge in [-0.1, -0.05) is 11.6 Å². The Morgan fingerprint density at radius 2 is 2.22 bits per heavy atom. The number of phenols is 1. The number of amides is 1. The van der Waals surface area contributed by atoms with Gasteiger partial charge in [-0.25, -0.2) is 0 Å². The number of nitrogens with one attached hydrogen (secondary N) is 1. The average molecular weight is 266 g/mol. The van der Waals surface area contributed by atoms with Crippen molar-refractivity contribution < 1.29 is 14.3 Å². The highest BCUT2D eigenvalue weighted by Crippen LogP contribution is 2.26. The fourth-order valence-corrected chi connectivity index (χ4v) is 1.68. The zero-order valence-corrected chi connectivity index (χ0v) is 10.3. The Balaban J connectivity index is 1.88. The Morgan fingerprint density at radius 1 is 1.39 bits per heavy atom.